The molecule has 4 rings (SSSR count). The number of carbonyl (C=O) groups excluding carboxylic acids is 2. The lowest BCUT2D eigenvalue weighted by Crippen LogP contribution is -2.55. The van der Waals surface area contributed by atoms with Gasteiger partial charge in [-0.2, -0.15) is 4.72 Å². The summed E-state index contributed by atoms with van der Waals surface area (Å²) < 4.78 is 34.8. The summed E-state index contributed by atoms with van der Waals surface area (Å²) >= 11 is 5.96. The zero-order chi connectivity index (χ0) is 32.2. The summed E-state index contributed by atoms with van der Waals surface area (Å²) in [5, 5.41) is 6.09. The fraction of sp³-hybridized carbons (Fsp3) is 0.235. The van der Waals surface area contributed by atoms with Crippen LogP contribution < -0.4 is 25.8 Å². The maximum atomic E-state index is 13.9. The molecule has 45 heavy (non-hydrogen) atoms. The van der Waals surface area contributed by atoms with E-state index >= 15 is 0 Å². The average Bonchev–Trinajstić information content (AvgIpc) is 3.05. The summed E-state index contributed by atoms with van der Waals surface area (Å²) in [4.78, 5) is 27.3. The first-order valence-corrected chi connectivity index (χ1v) is 16.4. The number of hydrogen-bond acceptors (Lipinski definition) is 6. The summed E-state index contributed by atoms with van der Waals surface area (Å²) in [5.74, 6) is -0.401. The zero-order valence-electron chi connectivity index (χ0n) is 24.9. The molecule has 0 aliphatic heterocycles. The van der Waals surface area contributed by atoms with Crippen molar-refractivity contribution in [2.75, 3.05) is 6.61 Å². The average molecular weight is 649 g/mol. The number of hydrogen-bond donors (Lipinski definition) is 4. The Kier molecular flexibility index (Phi) is 12.1. The van der Waals surface area contributed by atoms with Crippen molar-refractivity contribution in [3.05, 3.63) is 130 Å². The normalized spacial score (nSPS) is 12.6. The van der Waals surface area contributed by atoms with E-state index in [0.29, 0.717) is 29.5 Å². The molecule has 0 aromatic heterocycles. The summed E-state index contributed by atoms with van der Waals surface area (Å²) in [6, 6.07) is 27.3. The number of carbonyl (C=O) groups is 2. The fourth-order valence-electron chi connectivity index (χ4n) is 4.62. The topological polar surface area (TPSA) is 140 Å². The lowest BCUT2D eigenvalue weighted by molar-refractivity contribution is -0.129. The molecule has 0 bridgehead atoms. The number of ether oxygens (including phenoxy) is 1. The summed E-state index contributed by atoms with van der Waals surface area (Å²) in [7, 11) is -4.13. The van der Waals surface area contributed by atoms with Crippen LogP contribution in [0.5, 0.6) is 5.75 Å². The number of rotatable bonds is 15. The van der Waals surface area contributed by atoms with E-state index in [1.54, 1.807) is 24.3 Å². The molecule has 0 saturated carbocycles. The maximum Gasteiger partial charge on any atom is 0.243 e. The Hall–Kier alpha value is -4.22. The third kappa shape index (κ3) is 10.2. The molecule has 2 amide bonds. The van der Waals surface area contributed by atoms with Crippen molar-refractivity contribution in [3.63, 3.8) is 0 Å². The van der Waals surface area contributed by atoms with E-state index in [9.17, 15) is 18.0 Å². The van der Waals surface area contributed by atoms with Gasteiger partial charge in [0, 0.05) is 24.5 Å². The van der Waals surface area contributed by atoms with E-state index in [1.165, 1.54) is 24.3 Å². The minimum Gasteiger partial charge on any atom is -0.494 e. The van der Waals surface area contributed by atoms with Gasteiger partial charge in [0.05, 0.1) is 11.5 Å². The summed E-state index contributed by atoms with van der Waals surface area (Å²) in [6.45, 7) is 3.02. The van der Waals surface area contributed by atoms with Crippen LogP contribution >= 0.6 is 11.6 Å². The van der Waals surface area contributed by atoms with E-state index in [0.717, 1.165) is 16.7 Å². The Bertz CT molecular complexity index is 1650. The third-order valence-corrected chi connectivity index (χ3v) is 8.79. The van der Waals surface area contributed by atoms with Gasteiger partial charge in [0.15, 0.2) is 0 Å². The Morgan fingerprint density at radius 1 is 0.756 bits per heavy atom. The van der Waals surface area contributed by atoms with Crippen molar-refractivity contribution in [1.82, 2.24) is 15.4 Å². The van der Waals surface area contributed by atoms with Crippen LogP contribution in [0.1, 0.15) is 29.2 Å². The van der Waals surface area contributed by atoms with Gasteiger partial charge in [-0.1, -0.05) is 78.3 Å². The second kappa shape index (κ2) is 16.2. The van der Waals surface area contributed by atoms with Gasteiger partial charge in [0.25, 0.3) is 0 Å². The first kappa shape index (κ1) is 33.7. The van der Waals surface area contributed by atoms with E-state index in [1.807, 2.05) is 61.5 Å². The van der Waals surface area contributed by atoms with E-state index in [-0.39, 0.29) is 24.3 Å². The van der Waals surface area contributed by atoms with Crippen LogP contribution in [0.2, 0.25) is 5.02 Å². The number of nitrogens with one attached hydrogen (secondary N) is 3. The van der Waals surface area contributed by atoms with Crippen molar-refractivity contribution >= 4 is 33.4 Å². The molecule has 4 aromatic rings. The predicted octanol–water partition coefficient (Wildman–Crippen LogP) is 4.13. The first-order valence-electron chi connectivity index (χ1n) is 14.6. The number of sulfonamides is 1. The molecule has 0 aliphatic carbocycles. The van der Waals surface area contributed by atoms with Crippen LogP contribution in [0, 0.1) is 0 Å². The molecular weight excluding hydrogens is 612 g/mol. The van der Waals surface area contributed by atoms with E-state index < -0.39 is 33.9 Å². The predicted molar refractivity (Wildman–Crippen MR) is 175 cm³/mol. The molecule has 0 radical (unpaired) electrons. The van der Waals surface area contributed by atoms with Gasteiger partial charge in [0.1, 0.15) is 17.8 Å². The molecule has 236 valence electrons. The smallest absolute Gasteiger partial charge is 0.243 e. The molecular formula is C34H37ClN4O5S. The molecule has 0 aliphatic rings. The highest BCUT2D eigenvalue weighted by molar-refractivity contribution is 7.89. The molecule has 0 fully saturated rings. The Morgan fingerprint density at radius 2 is 1.33 bits per heavy atom. The van der Waals surface area contributed by atoms with Gasteiger partial charge in [-0.3, -0.25) is 9.59 Å². The van der Waals surface area contributed by atoms with Crippen LogP contribution in [0.25, 0.3) is 0 Å². The SMILES string of the molecule is CCOc1ccc(C[C@@H](NS(=O)(=O)c2ccc(Cl)cc2)C(=O)N[C@@H](Cc2ccccc2)C(=O)NCc2ccc(CN)cc2)cc1. The van der Waals surface area contributed by atoms with Crippen LogP contribution in [0.4, 0.5) is 0 Å². The van der Waals surface area contributed by atoms with Gasteiger partial charge in [-0.05, 0) is 72.0 Å². The highest BCUT2D eigenvalue weighted by Gasteiger charge is 2.30. The molecule has 5 N–H and O–H groups in total. The monoisotopic (exact) mass is 648 g/mol. The fourth-order valence-corrected chi connectivity index (χ4v) is 5.94. The molecule has 9 nitrogen and oxygen atoms in total. The van der Waals surface area contributed by atoms with Crippen LogP contribution in [0.3, 0.4) is 0 Å². The molecule has 11 heteroatoms. The van der Waals surface area contributed by atoms with Crippen molar-refractivity contribution < 1.29 is 22.7 Å². The zero-order valence-corrected chi connectivity index (χ0v) is 26.5. The van der Waals surface area contributed by atoms with Crippen LogP contribution in [-0.2, 0) is 45.5 Å². The summed E-state index contributed by atoms with van der Waals surface area (Å²) in [5.41, 5.74) is 9.05. The van der Waals surface area contributed by atoms with Gasteiger partial charge >= 0.3 is 0 Å². The van der Waals surface area contributed by atoms with Crippen LogP contribution in [-0.4, -0.2) is 38.9 Å². The Balaban J connectivity index is 1.57. The Morgan fingerprint density at radius 3 is 1.96 bits per heavy atom. The van der Waals surface area contributed by atoms with Crippen molar-refractivity contribution in [1.29, 1.82) is 0 Å². The minimum atomic E-state index is -4.13. The maximum absolute atomic E-state index is 13.9. The second-order valence-corrected chi connectivity index (χ2v) is 12.5. The lowest BCUT2D eigenvalue weighted by Gasteiger charge is -2.24. The van der Waals surface area contributed by atoms with E-state index in [2.05, 4.69) is 15.4 Å². The number of nitrogens with two attached hydrogens (primary N) is 1. The highest BCUT2D eigenvalue weighted by Crippen LogP contribution is 2.17. The Labute approximate surface area is 269 Å². The quantitative estimate of drug-likeness (QED) is 0.153. The van der Waals surface area contributed by atoms with Crippen LogP contribution in [0.15, 0.2) is 108 Å². The minimum absolute atomic E-state index is 0.0260. The van der Waals surface area contributed by atoms with Crippen molar-refractivity contribution in [2.24, 2.45) is 5.73 Å². The lowest BCUT2D eigenvalue weighted by atomic mass is 10.0. The van der Waals surface area contributed by atoms with Crippen molar-refractivity contribution in [2.45, 2.75) is 49.8 Å². The standard InChI is InChI=1S/C34H37ClN4O5S/c1-2-44-29-16-12-25(13-17-29)21-32(39-45(42,43)30-18-14-28(35)15-19-30)34(41)38-31(20-24-6-4-3-5-7-24)33(40)37-23-27-10-8-26(22-36)9-11-27/h3-19,31-32,39H,2,20-23,36H2,1H3,(H,37,40)(H,38,41)/t31-,32+/m0/s1. The number of halogens is 1. The molecule has 2 atom stereocenters. The van der Waals surface area contributed by atoms with Gasteiger partial charge in [-0.25, -0.2) is 8.42 Å². The van der Waals surface area contributed by atoms with E-state index in [4.69, 9.17) is 22.1 Å². The number of amides is 2. The third-order valence-electron chi connectivity index (χ3n) is 7.05. The summed E-state index contributed by atoms with van der Waals surface area (Å²) in [6.07, 6.45) is 0.225. The second-order valence-electron chi connectivity index (χ2n) is 10.4. The van der Waals surface area contributed by atoms with Gasteiger partial charge in [-0.15, -0.1) is 0 Å². The first-order chi connectivity index (χ1) is 21.7. The molecule has 0 heterocycles. The molecule has 0 unspecified atom stereocenters. The highest BCUT2D eigenvalue weighted by atomic mass is 35.5. The molecule has 4 aromatic carbocycles. The largest absolute Gasteiger partial charge is 0.494 e. The van der Waals surface area contributed by atoms with Crippen molar-refractivity contribution in [3.8, 4) is 5.75 Å². The molecule has 0 spiro atoms. The number of benzene rings is 4. The van der Waals surface area contributed by atoms with Gasteiger partial charge in [0.2, 0.25) is 21.8 Å². The molecule has 0 saturated heterocycles. The van der Waals surface area contributed by atoms with Gasteiger partial charge < -0.3 is 21.1 Å².